The van der Waals surface area contributed by atoms with Crippen LogP contribution in [0, 0.1) is 5.82 Å². The van der Waals surface area contributed by atoms with Crippen molar-refractivity contribution in [3.05, 3.63) is 29.6 Å². The summed E-state index contributed by atoms with van der Waals surface area (Å²) in [4.78, 5) is 0.700. The average molecular weight is 213 g/mol. The van der Waals surface area contributed by atoms with Gasteiger partial charge in [-0.2, -0.15) is 0 Å². The molecule has 76 valence electrons. The minimum absolute atomic E-state index is 0.0631. The van der Waals surface area contributed by atoms with Crippen molar-refractivity contribution in [3.63, 3.8) is 0 Å². The van der Waals surface area contributed by atoms with Gasteiger partial charge in [0.05, 0.1) is 16.0 Å². The summed E-state index contributed by atoms with van der Waals surface area (Å²) >= 11 is 0. The van der Waals surface area contributed by atoms with E-state index in [-0.39, 0.29) is 17.1 Å². The first-order chi connectivity index (χ1) is 6.65. The zero-order chi connectivity index (χ0) is 10.3. The number of hydrogen-bond acceptors (Lipinski definition) is 2. The van der Waals surface area contributed by atoms with Crippen molar-refractivity contribution in [2.45, 2.75) is 29.5 Å². The molecule has 14 heavy (non-hydrogen) atoms. The summed E-state index contributed by atoms with van der Waals surface area (Å²) in [7, 11) is -1.07. The zero-order valence-electron chi connectivity index (χ0n) is 7.87. The normalized spacial score (nSPS) is 30.4. The molecule has 2 N–H and O–H groups in total. The van der Waals surface area contributed by atoms with E-state index in [0.717, 1.165) is 6.42 Å². The maximum Gasteiger partial charge on any atom is 0.123 e. The first-order valence-corrected chi connectivity index (χ1v) is 5.82. The summed E-state index contributed by atoms with van der Waals surface area (Å²) < 4.78 is 24.8. The van der Waals surface area contributed by atoms with Gasteiger partial charge in [0.25, 0.3) is 0 Å². The Bertz CT molecular complexity index is 394. The highest BCUT2D eigenvalue weighted by Gasteiger charge is 2.35. The minimum Gasteiger partial charge on any atom is -0.323 e. The van der Waals surface area contributed by atoms with E-state index in [1.165, 1.54) is 12.1 Å². The Morgan fingerprint density at radius 1 is 1.57 bits per heavy atom. The smallest absolute Gasteiger partial charge is 0.123 e. The lowest BCUT2D eigenvalue weighted by atomic mass is 10.0. The van der Waals surface area contributed by atoms with E-state index in [4.69, 9.17) is 5.73 Å². The molecule has 3 atom stereocenters. The quantitative estimate of drug-likeness (QED) is 0.772. The Morgan fingerprint density at radius 3 is 2.93 bits per heavy atom. The fourth-order valence-corrected chi connectivity index (χ4v) is 3.54. The van der Waals surface area contributed by atoms with E-state index < -0.39 is 10.8 Å². The van der Waals surface area contributed by atoms with Crippen LogP contribution in [-0.2, 0) is 10.8 Å². The van der Waals surface area contributed by atoms with Gasteiger partial charge in [0.15, 0.2) is 0 Å². The molecular formula is C10H12FNOS. The molecule has 0 aliphatic carbocycles. The topological polar surface area (TPSA) is 43.1 Å². The molecular weight excluding hydrogens is 201 g/mol. The van der Waals surface area contributed by atoms with Gasteiger partial charge in [-0.05, 0) is 30.2 Å². The second kappa shape index (κ2) is 3.44. The van der Waals surface area contributed by atoms with Crippen LogP contribution in [0.2, 0.25) is 0 Å². The molecule has 0 saturated carbocycles. The molecule has 1 aromatic rings. The van der Waals surface area contributed by atoms with Crippen molar-refractivity contribution in [2.75, 3.05) is 0 Å². The van der Waals surface area contributed by atoms with Gasteiger partial charge in [-0.25, -0.2) is 4.39 Å². The van der Waals surface area contributed by atoms with Crippen molar-refractivity contribution in [2.24, 2.45) is 5.73 Å². The highest BCUT2D eigenvalue weighted by atomic mass is 32.2. The SMILES string of the molecule is CCC1C(N)c2cc(F)ccc2S1=O. The van der Waals surface area contributed by atoms with Crippen LogP contribution in [0.3, 0.4) is 0 Å². The van der Waals surface area contributed by atoms with E-state index in [1.807, 2.05) is 6.92 Å². The predicted octanol–water partition coefficient (Wildman–Crippen LogP) is 1.73. The Hall–Kier alpha value is -0.740. The van der Waals surface area contributed by atoms with Gasteiger partial charge in [0.2, 0.25) is 0 Å². The second-order valence-electron chi connectivity index (χ2n) is 3.45. The second-order valence-corrected chi connectivity index (χ2v) is 5.09. The van der Waals surface area contributed by atoms with Crippen molar-refractivity contribution in [1.82, 2.24) is 0 Å². The molecule has 0 radical (unpaired) electrons. The third-order valence-corrected chi connectivity index (χ3v) is 4.61. The van der Waals surface area contributed by atoms with Gasteiger partial charge >= 0.3 is 0 Å². The standard InChI is InChI=1S/C10H12FNOS/c1-2-8-10(12)7-5-6(11)3-4-9(7)14(8)13/h3-5,8,10H,2,12H2,1H3. The number of halogens is 1. The summed E-state index contributed by atoms with van der Waals surface area (Å²) in [6, 6.07) is 4.03. The molecule has 0 bridgehead atoms. The highest BCUT2D eigenvalue weighted by molar-refractivity contribution is 7.86. The van der Waals surface area contributed by atoms with Crippen molar-refractivity contribution in [1.29, 1.82) is 0 Å². The Labute approximate surface area is 84.8 Å². The van der Waals surface area contributed by atoms with Crippen LogP contribution in [0.25, 0.3) is 0 Å². The van der Waals surface area contributed by atoms with E-state index >= 15 is 0 Å². The maximum atomic E-state index is 12.9. The summed E-state index contributed by atoms with van der Waals surface area (Å²) in [6.07, 6.45) is 0.754. The van der Waals surface area contributed by atoms with Crippen molar-refractivity contribution >= 4 is 10.8 Å². The fourth-order valence-electron chi connectivity index (χ4n) is 1.86. The molecule has 0 saturated heterocycles. The summed E-state index contributed by atoms with van der Waals surface area (Å²) in [5.41, 5.74) is 6.60. The van der Waals surface area contributed by atoms with E-state index in [9.17, 15) is 8.60 Å². The van der Waals surface area contributed by atoms with Crippen LogP contribution < -0.4 is 5.73 Å². The molecule has 0 fully saturated rings. The number of hydrogen-bond donors (Lipinski definition) is 1. The molecule has 0 aromatic heterocycles. The third kappa shape index (κ3) is 1.29. The Balaban J connectivity index is 2.52. The Kier molecular flexibility index (Phi) is 2.41. The predicted molar refractivity (Wildman–Crippen MR) is 53.8 cm³/mol. The molecule has 4 heteroatoms. The number of rotatable bonds is 1. The van der Waals surface area contributed by atoms with Crippen LogP contribution in [0.4, 0.5) is 4.39 Å². The van der Waals surface area contributed by atoms with Crippen LogP contribution in [0.5, 0.6) is 0 Å². The molecule has 1 aromatic carbocycles. The molecule has 1 aliphatic heterocycles. The van der Waals surface area contributed by atoms with Crippen LogP contribution >= 0.6 is 0 Å². The molecule has 3 unspecified atom stereocenters. The number of fused-ring (bicyclic) bond motifs is 1. The van der Waals surface area contributed by atoms with Crippen LogP contribution in [-0.4, -0.2) is 9.46 Å². The van der Waals surface area contributed by atoms with Crippen molar-refractivity contribution in [3.8, 4) is 0 Å². The number of benzene rings is 1. The molecule has 1 aliphatic rings. The van der Waals surface area contributed by atoms with E-state index in [2.05, 4.69) is 0 Å². The Morgan fingerprint density at radius 2 is 2.29 bits per heavy atom. The van der Waals surface area contributed by atoms with Gasteiger partial charge in [-0.3, -0.25) is 4.21 Å². The first kappa shape index (κ1) is 9.80. The van der Waals surface area contributed by atoms with E-state index in [0.29, 0.717) is 10.5 Å². The van der Waals surface area contributed by atoms with Gasteiger partial charge < -0.3 is 5.73 Å². The molecule has 2 nitrogen and oxygen atoms in total. The van der Waals surface area contributed by atoms with Gasteiger partial charge in [-0.1, -0.05) is 6.92 Å². The first-order valence-electron chi connectivity index (χ1n) is 4.60. The van der Waals surface area contributed by atoms with E-state index in [1.54, 1.807) is 6.07 Å². The molecule has 0 spiro atoms. The molecule has 2 rings (SSSR count). The van der Waals surface area contributed by atoms with Crippen LogP contribution in [0.15, 0.2) is 23.1 Å². The number of nitrogens with two attached hydrogens (primary N) is 1. The van der Waals surface area contributed by atoms with Gasteiger partial charge in [-0.15, -0.1) is 0 Å². The monoisotopic (exact) mass is 213 g/mol. The molecule has 1 heterocycles. The lowest BCUT2D eigenvalue weighted by Crippen LogP contribution is -2.22. The zero-order valence-corrected chi connectivity index (χ0v) is 8.68. The lowest BCUT2D eigenvalue weighted by molar-refractivity contribution is 0.608. The minimum atomic E-state index is -1.07. The summed E-state index contributed by atoms with van der Waals surface area (Å²) in [6.45, 7) is 1.95. The van der Waals surface area contributed by atoms with Crippen molar-refractivity contribution < 1.29 is 8.60 Å². The highest BCUT2D eigenvalue weighted by Crippen LogP contribution is 2.36. The lowest BCUT2D eigenvalue weighted by Gasteiger charge is -2.11. The third-order valence-electron chi connectivity index (χ3n) is 2.63. The van der Waals surface area contributed by atoms with Crippen LogP contribution in [0.1, 0.15) is 24.9 Å². The average Bonchev–Trinajstić information content (AvgIpc) is 2.39. The van der Waals surface area contributed by atoms with Gasteiger partial charge in [0, 0.05) is 10.9 Å². The fraction of sp³-hybridized carbons (Fsp3) is 0.400. The van der Waals surface area contributed by atoms with Gasteiger partial charge in [0.1, 0.15) is 5.82 Å². The summed E-state index contributed by atoms with van der Waals surface area (Å²) in [5.74, 6) is -0.312. The maximum absolute atomic E-state index is 12.9. The molecule has 0 amide bonds. The summed E-state index contributed by atoms with van der Waals surface area (Å²) in [5, 5.41) is -0.0631. The largest absolute Gasteiger partial charge is 0.323 e.